The number of aromatic nitrogens is 5. The number of aryl methyl sites for hydroxylation is 1. The highest BCUT2D eigenvalue weighted by atomic mass is 16.5. The standard InChI is InChI=1S/C20H20N6O2/c1-14-24-18(15-4-8-28-9-5-15)12-26(14)13-20(27)25-19-3-2-16(10-23-19)17-11-21-6-7-22-17/h2-4,6-7,10-12H,5,8-9,13H2,1H3,(H,23,25,27). The number of ether oxygens (including phenoxy) is 1. The third-order valence-corrected chi connectivity index (χ3v) is 4.47. The Morgan fingerprint density at radius 3 is 2.86 bits per heavy atom. The number of rotatable bonds is 5. The average molecular weight is 376 g/mol. The minimum atomic E-state index is -0.159. The highest BCUT2D eigenvalue weighted by Crippen LogP contribution is 2.21. The first-order chi connectivity index (χ1) is 13.7. The molecule has 28 heavy (non-hydrogen) atoms. The van der Waals surface area contributed by atoms with Crippen molar-refractivity contribution in [3.63, 3.8) is 0 Å². The van der Waals surface area contributed by atoms with Gasteiger partial charge in [0.15, 0.2) is 0 Å². The van der Waals surface area contributed by atoms with Gasteiger partial charge in [-0.2, -0.15) is 0 Å². The summed E-state index contributed by atoms with van der Waals surface area (Å²) in [5.74, 6) is 1.12. The molecule has 0 aliphatic carbocycles. The van der Waals surface area contributed by atoms with Crippen LogP contribution in [0.4, 0.5) is 5.82 Å². The molecule has 0 spiro atoms. The van der Waals surface area contributed by atoms with Gasteiger partial charge in [-0.3, -0.25) is 14.8 Å². The third-order valence-electron chi connectivity index (χ3n) is 4.47. The lowest BCUT2D eigenvalue weighted by Crippen LogP contribution is -2.19. The molecule has 3 aromatic rings. The van der Waals surface area contributed by atoms with Crippen molar-refractivity contribution in [2.45, 2.75) is 19.9 Å². The Balaban J connectivity index is 1.41. The number of anilines is 1. The Bertz CT molecular complexity index is 995. The normalized spacial score (nSPS) is 13.8. The predicted molar refractivity (Wildman–Crippen MR) is 104 cm³/mol. The van der Waals surface area contributed by atoms with Crippen LogP contribution in [0.2, 0.25) is 0 Å². The zero-order chi connectivity index (χ0) is 19.3. The molecule has 0 saturated heterocycles. The molecule has 0 bridgehead atoms. The summed E-state index contributed by atoms with van der Waals surface area (Å²) in [5.41, 5.74) is 3.64. The van der Waals surface area contributed by atoms with E-state index in [-0.39, 0.29) is 12.5 Å². The van der Waals surface area contributed by atoms with Crippen molar-refractivity contribution < 1.29 is 9.53 Å². The Kier molecular flexibility index (Phi) is 5.20. The predicted octanol–water partition coefficient (Wildman–Crippen LogP) is 2.49. The molecule has 0 atom stereocenters. The molecule has 4 rings (SSSR count). The van der Waals surface area contributed by atoms with Gasteiger partial charge in [-0.25, -0.2) is 9.97 Å². The van der Waals surface area contributed by atoms with Gasteiger partial charge >= 0.3 is 0 Å². The third kappa shape index (κ3) is 4.12. The van der Waals surface area contributed by atoms with Gasteiger partial charge in [0.2, 0.25) is 5.91 Å². The SMILES string of the molecule is Cc1nc(C2=CCOCC2)cn1CC(=O)Nc1ccc(-c2cnccn2)cn1. The van der Waals surface area contributed by atoms with Crippen LogP contribution in [0.5, 0.6) is 0 Å². The topological polar surface area (TPSA) is 94.8 Å². The molecule has 0 saturated carbocycles. The van der Waals surface area contributed by atoms with E-state index in [0.717, 1.165) is 34.8 Å². The van der Waals surface area contributed by atoms with Crippen LogP contribution in [0.1, 0.15) is 17.9 Å². The zero-order valence-electron chi connectivity index (χ0n) is 15.5. The fraction of sp³-hybridized carbons (Fsp3) is 0.250. The molecule has 1 amide bonds. The van der Waals surface area contributed by atoms with Crippen molar-refractivity contribution in [1.82, 2.24) is 24.5 Å². The summed E-state index contributed by atoms with van der Waals surface area (Å²) in [4.78, 5) is 29.6. The Labute approximate surface area is 162 Å². The number of nitrogens with zero attached hydrogens (tertiary/aromatic N) is 5. The molecule has 1 N–H and O–H groups in total. The summed E-state index contributed by atoms with van der Waals surface area (Å²) in [6.45, 7) is 3.38. The van der Waals surface area contributed by atoms with Crippen LogP contribution in [0, 0.1) is 6.92 Å². The Morgan fingerprint density at radius 1 is 1.21 bits per heavy atom. The van der Waals surface area contributed by atoms with Crippen LogP contribution in [-0.2, 0) is 16.1 Å². The van der Waals surface area contributed by atoms with Gasteiger partial charge in [0, 0.05) is 30.4 Å². The van der Waals surface area contributed by atoms with Crippen LogP contribution < -0.4 is 5.32 Å². The highest BCUT2D eigenvalue weighted by Gasteiger charge is 2.13. The van der Waals surface area contributed by atoms with Gasteiger partial charge in [-0.05, 0) is 31.1 Å². The maximum absolute atomic E-state index is 12.4. The van der Waals surface area contributed by atoms with Crippen LogP contribution in [0.15, 0.2) is 49.2 Å². The largest absolute Gasteiger partial charge is 0.377 e. The van der Waals surface area contributed by atoms with E-state index in [4.69, 9.17) is 4.74 Å². The van der Waals surface area contributed by atoms with Crippen molar-refractivity contribution >= 4 is 17.3 Å². The van der Waals surface area contributed by atoms with Gasteiger partial charge in [-0.1, -0.05) is 6.08 Å². The summed E-state index contributed by atoms with van der Waals surface area (Å²) >= 11 is 0. The number of carbonyl (C=O) groups is 1. The van der Waals surface area contributed by atoms with Crippen LogP contribution in [0.25, 0.3) is 16.8 Å². The Morgan fingerprint density at radius 2 is 2.14 bits per heavy atom. The summed E-state index contributed by atoms with van der Waals surface area (Å²) in [6, 6.07) is 3.60. The van der Waals surface area contributed by atoms with Crippen molar-refractivity contribution in [2.24, 2.45) is 0 Å². The highest BCUT2D eigenvalue weighted by molar-refractivity contribution is 5.89. The molecule has 0 radical (unpaired) electrons. The molecule has 8 nitrogen and oxygen atoms in total. The van der Waals surface area contributed by atoms with Crippen LogP contribution in [0.3, 0.4) is 0 Å². The van der Waals surface area contributed by atoms with Crippen molar-refractivity contribution in [3.05, 3.63) is 60.7 Å². The molecule has 1 aliphatic rings. The summed E-state index contributed by atoms with van der Waals surface area (Å²) in [7, 11) is 0. The van der Waals surface area contributed by atoms with Crippen molar-refractivity contribution in [2.75, 3.05) is 18.5 Å². The number of hydrogen-bond acceptors (Lipinski definition) is 6. The second-order valence-corrected chi connectivity index (χ2v) is 6.43. The fourth-order valence-corrected chi connectivity index (χ4v) is 2.99. The molecule has 3 aromatic heterocycles. The first-order valence-corrected chi connectivity index (χ1v) is 9.02. The Hall–Kier alpha value is -3.39. The van der Waals surface area contributed by atoms with E-state index in [1.54, 1.807) is 30.9 Å². The van der Waals surface area contributed by atoms with E-state index >= 15 is 0 Å². The van der Waals surface area contributed by atoms with Gasteiger partial charge in [0.1, 0.15) is 18.2 Å². The van der Waals surface area contributed by atoms with E-state index < -0.39 is 0 Å². The van der Waals surface area contributed by atoms with E-state index in [1.807, 2.05) is 29.8 Å². The monoisotopic (exact) mass is 376 g/mol. The molecule has 142 valence electrons. The van der Waals surface area contributed by atoms with Gasteiger partial charge < -0.3 is 14.6 Å². The van der Waals surface area contributed by atoms with Gasteiger partial charge in [0.25, 0.3) is 0 Å². The van der Waals surface area contributed by atoms with E-state index in [0.29, 0.717) is 19.0 Å². The van der Waals surface area contributed by atoms with E-state index in [9.17, 15) is 4.79 Å². The lowest BCUT2D eigenvalue weighted by atomic mass is 10.1. The maximum atomic E-state index is 12.4. The second kappa shape index (κ2) is 8.10. The number of imidazole rings is 1. The number of amides is 1. The summed E-state index contributed by atoms with van der Waals surface area (Å²) in [6.07, 6.45) is 11.4. The summed E-state index contributed by atoms with van der Waals surface area (Å²) < 4.78 is 7.18. The van der Waals surface area contributed by atoms with Crippen LogP contribution >= 0.6 is 0 Å². The molecule has 0 fully saturated rings. The summed E-state index contributed by atoms with van der Waals surface area (Å²) in [5, 5.41) is 2.82. The molecule has 0 aromatic carbocycles. The van der Waals surface area contributed by atoms with Crippen LogP contribution in [-0.4, -0.2) is 43.6 Å². The van der Waals surface area contributed by atoms with Gasteiger partial charge in [-0.15, -0.1) is 0 Å². The fourth-order valence-electron chi connectivity index (χ4n) is 2.99. The first-order valence-electron chi connectivity index (χ1n) is 9.02. The molecule has 4 heterocycles. The number of carbonyl (C=O) groups excluding carboxylic acids is 1. The molecular formula is C20H20N6O2. The lowest BCUT2D eigenvalue weighted by Gasteiger charge is -2.10. The number of hydrogen-bond donors (Lipinski definition) is 1. The second-order valence-electron chi connectivity index (χ2n) is 6.43. The zero-order valence-corrected chi connectivity index (χ0v) is 15.5. The number of pyridine rings is 1. The average Bonchev–Trinajstić information content (AvgIpc) is 3.10. The van der Waals surface area contributed by atoms with Crippen molar-refractivity contribution in [3.8, 4) is 11.3 Å². The minimum absolute atomic E-state index is 0.159. The molecule has 8 heteroatoms. The quantitative estimate of drug-likeness (QED) is 0.735. The van der Waals surface area contributed by atoms with E-state index in [2.05, 4.69) is 25.3 Å². The lowest BCUT2D eigenvalue weighted by molar-refractivity contribution is -0.116. The number of nitrogens with one attached hydrogen (secondary N) is 1. The maximum Gasteiger partial charge on any atom is 0.245 e. The smallest absolute Gasteiger partial charge is 0.245 e. The van der Waals surface area contributed by atoms with Gasteiger partial charge in [0.05, 0.1) is 30.8 Å². The first kappa shape index (κ1) is 18.0. The molecular weight excluding hydrogens is 356 g/mol. The van der Waals surface area contributed by atoms with E-state index in [1.165, 1.54) is 0 Å². The minimum Gasteiger partial charge on any atom is -0.377 e. The molecule has 1 aliphatic heterocycles. The molecule has 0 unspecified atom stereocenters. The van der Waals surface area contributed by atoms with Crippen molar-refractivity contribution in [1.29, 1.82) is 0 Å².